The fourth-order valence-electron chi connectivity index (χ4n) is 1.62. The van der Waals surface area contributed by atoms with Crippen molar-refractivity contribution in [2.24, 2.45) is 21.5 Å². The number of guanidine groups is 1. The van der Waals surface area contributed by atoms with E-state index in [-0.39, 0.29) is 22.6 Å². The Hall–Kier alpha value is -2.13. The average molecular weight is 344 g/mol. The predicted molar refractivity (Wildman–Crippen MR) is 84.3 cm³/mol. The Morgan fingerprint density at radius 3 is 2.86 bits per heavy atom. The largest absolute Gasteiger partial charge is 0.370 e. The van der Waals surface area contributed by atoms with Crippen LogP contribution in [0.15, 0.2) is 28.2 Å². The molecule has 1 aromatic carbocycles. The lowest BCUT2D eigenvalue weighted by Gasteiger charge is -2.08. The molecule has 1 atom stereocenters. The zero-order valence-electron chi connectivity index (χ0n) is 11.0. The standard InChI is InChI=1S/C12H11ClFN5O2S/c13-6-3-5(1-2-7(6)14)17-9(20)4-8-10(21)18-12(22-8)19-11(15)16/h1-3,8H,4H2,(H,17,20)(H4,15,16,18,19,21)/t8-/m0/s1. The quantitative estimate of drug-likeness (QED) is 0.559. The molecule has 0 radical (unpaired) electrons. The van der Waals surface area contributed by atoms with Gasteiger partial charge in [-0.3, -0.25) is 9.59 Å². The Balaban J connectivity index is 1.94. The molecule has 1 aliphatic heterocycles. The van der Waals surface area contributed by atoms with Gasteiger partial charge in [0.2, 0.25) is 5.91 Å². The number of thioether (sulfide) groups is 1. The van der Waals surface area contributed by atoms with Crippen LogP contribution in [0.3, 0.4) is 0 Å². The monoisotopic (exact) mass is 343 g/mol. The lowest BCUT2D eigenvalue weighted by atomic mass is 10.2. The normalized spacial score (nSPS) is 17.1. The topological polar surface area (TPSA) is 123 Å². The van der Waals surface area contributed by atoms with Crippen molar-refractivity contribution in [3.8, 4) is 0 Å². The molecule has 0 unspecified atom stereocenters. The van der Waals surface area contributed by atoms with E-state index in [0.29, 0.717) is 5.69 Å². The van der Waals surface area contributed by atoms with Crippen LogP contribution in [0.4, 0.5) is 10.1 Å². The zero-order valence-corrected chi connectivity index (χ0v) is 12.6. The van der Waals surface area contributed by atoms with Crippen LogP contribution in [0.1, 0.15) is 6.42 Å². The summed E-state index contributed by atoms with van der Waals surface area (Å²) in [5.74, 6) is -1.73. The molecule has 5 N–H and O–H groups in total. The number of amidine groups is 1. The molecule has 0 saturated heterocycles. The lowest BCUT2D eigenvalue weighted by Crippen LogP contribution is -2.23. The number of benzene rings is 1. The minimum atomic E-state index is -0.700. The summed E-state index contributed by atoms with van der Waals surface area (Å²) in [6.45, 7) is 0. The first kappa shape index (κ1) is 16.2. The van der Waals surface area contributed by atoms with Gasteiger partial charge in [-0.05, 0) is 18.2 Å². The maximum absolute atomic E-state index is 13.0. The Morgan fingerprint density at radius 1 is 1.50 bits per heavy atom. The molecule has 22 heavy (non-hydrogen) atoms. The van der Waals surface area contributed by atoms with Gasteiger partial charge in [-0.2, -0.15) is 9.98 Å². The van der Waals surface area contributed by atoms with Gasteiger partial charge in [-0.15, -0.1) is 0 Å². The van der Waals surface area contributed by atoms with Gasteiger partial charge in [-0.25, -0.2) is 4.39 Å². The van der Waals surface area contributed by atoms with Crippen LogP contribution in [0.2, 0.25) is 5.02 Å². The zero-order chi connectivity index (χ0) is 16.3. The molecule has 7 nitrogen and oxygen atoms in total. The summed E-state index contributed by atoms with van der Waals surface area (Å²) in [5.41, 5.74) is 10.7. The highest BCUT2D eigenvalue weighted by atomic mass is 35.5. The van der Waals surface area contributed by atoms with Crippen LogP contribution in [0, 0.1) is 5.82 Å². The molecule has 0 fully saturated rings. The fraction of sp³-hybridized carbons (Fsp3) is 0.167. The first-order chi connectivity index (χ1) is 10.3. The summed E-state index contributed by atoms with van der Waals surface area (Å²) in [6.07, 6.45) is -0.120. The molecular weight excluding hydrogens is 333 g/mol. The number of rotatable bonds is 3. The van der Waals surface area contributed by atoms with Crippen molar-refractivity contribution < 1.29 is 14.0 Å². The Morgan fingerprint density at radius 2 is 2.23 bits per heavy atom. The van der Waals surface area contributed by atoms with E-state index in [1.807, 2.05) is 0 Å². The second-order valence-corrected chi connectivity index (χ2v) is 5.83. The predicted octanol–water partition coefficient (Wildman–Crippen LogP) is 1.08. The van der Waals surface area contributed by atoms with E-state index in [9.17, 15) is 14.0 Å². The van der Waals surface area contributed by atoms with Crippen LogP contribution >= 0.6 is 23.4 Å². The molecule has 2 rings (SSSR count). The molecule has 10 heteroatoms. The number of nitrogens with one attached hydrogen (secondary N) is 1. The number of nitrogens with zero attached hydrogens (tertiary/aromatic N) is 2. The molecule has 0 saturated carbocycles. The van der Waals surface area contributed by atoms with Crippen LogP contribution in [0.25, 0.3) is 0 Å². The maximum atomic E-state index is 13.0. The SMILES string of the molecule is NC(N)=NC1=NC(=O)[C@H](CC(=O)Nc2ccc(F)c(Cl)c2)S1. The third kappa shape index (κ3) is 4.18. The minimum absolute atomic E-state index is 0.109. The second-order valence-electron chi connectivity index (χ2n) is 4.26. The number of amides is 2. The van der Waals surface area contributed by atoms with Crippen molar-refractivity contribution >= 4 is 52.0 Å². The number of nitrogens with two attached hydrogens (primary N) is 2. The van der Waals surface area contributed by atoms with Crippen molar-refractivity contribution in [2.75, 3.05) is 5.32 Å². The fourth-order valence-corrected chi connectivity index (χ4v) is 2.74. The van der Waals surface area contributed by atoms with E-state index in [4.69, 9.17) is 23.1 Å². The first-order valence-corrected chi connectivity index (χ1v) is 7.24. The van der Waals surface area contributed by atoms with Gasteiger partial charge in [0.05, 0.1) is 5.02 Å². The van der Waals surface area contributed by atoms with Crippen LogP contribution in [0.5, 0.6) is 0 Å². The molecule has 116 valence electrons. The van der Waals surface area contributed by atoms with Gasteiger partial charge in [0.15, 0.2) is 11.1 Å². The number of aliphatic imine (C=N–C) groups is 2. The molecule has 1 aromatic rings. The summed E-state index contributed by atoms with van der Waals surface area (Å²) in [4.78, 5) is 30.8. The maximum Gasteiger partial charge on any atom is 0.262 e. The van der Waals surface area contributed by atoms with Gasteiger partial charge in [0, 0.05) is 12.1 Å². The highest BCUT2D eigenvalue weighted by molar-refractivity contribution is 8.15. The summed E-state index contributed by atoms with van der Waals surface area (Å²) in [5, 5.41) is 1.83. The van der Waals surface area contributed by atoms with E-state index < -0.39 is 22.9 Å². The Labute approximate surface area is 134 Å². The minimum Gasteiger partial charge on any atom is -0.370 e. The molecule has 0 aliphatic carbocycles. The summed E-state index contributed by atoms with van der Waals surface area (Å²) >= 11 is 6.61. The van der Waals surface area contributed by atoms with Crippen molar-refractivity contribution in [1.82, 2.24) is 0 Å². The van der Waals surface area contributed by atoms with Crippen molar-refractivity contribution in [2.45, 2.75) is 11.7 Å². The van der Waals surface area contributed by atoms with E-state index >= 15 is 0 Å². The number of hydrogen-bond acceptors (Lipinski definition) is 4. The van der Waals surface area contributed by atoms with Crippen LogP contribution < -0.4 is 16.8 Å². The number of carbonyl (C=O) groups excluding carboxylic acids is 2. The molecule has 0 bridgehead atoms. The highest BCUT2D eigenvalue weighted by Crippen LogP contribution is 2.26. The van der Waals surface area contributed by atoms with Crippen LogP contribution in [-0.2, 0) is 9.59 Å². The molecule has 0 aromatic heterocycles. The smallest absolute Gasteiger partial charge is 0.262 e. The van der Waals surface area contributed by atoms with E-state index in [1.165, 1.54) is 12.1 Å². The van der Waals surface area contributed by atoms with Crippen molar-refractivity contribution in [3.05, 3.63) is 29.0 Å². The highest BCUT2D eigenvalue weighted by Gasteiger charge is 2.30. The van der Waals surface area contributed by atoms with Gasteiger partial charge >= 0.3 is 0 Å². The van der Waals surface area contributed by atoms with Crippen molar-refractivity contribution in [3.63, 3.8) is 0 Å². The summed E-state index contributed by atoms with van der Waals surface area (Å²) in [7, 11) is 0. The van der Waals surface area contributed by atoms with Gasteiger partial charge in [0.1, 0.15) is 11.1 Å². The van der Waals surface area contributed by atoms with E-state index in [0.717, 1.165) is 17.8 Å². The third-order valence-electron chi connectivity index (χ3n) is 2.53. The van der Waals surface area contributed by atoms with Gasteiger partial charge < -0.3 is 16.8 Å². The summed E-state index contributed by atoms with van der Waals surface area (Å²) < 4.78 is 13.0. The van der Waals surface area contributed by atoms with E-state index in [2.05, 4.69) is 15.3 Å². The average Bonchev–Trinajstić information content (AvgIpc) is 2.73. The molecule has 0 spiro atoms. The van der Waals surface area contributed by atoms with Crippen molar-refractivity contribution in [1.29, 1.82) is 0 Å². The molecule has 1 heterocycles. The lowest BCUT2D eigenvalue weighted by molar-refractivity contribution is -0.121. The Kier molecular flexibility index (Phi) is 4.99. The molecule has 2 amide bonds. The molecule has 1 aliphatic rings. The first-order valence-electron chi connectivity index (χ1n) is 5.99. The number of carbonyl (C=O) groups is 2. The second kappa shape index (κ2) is 6.75. The van der Waals surface area contributed by atoms with E-state index in [1.54, 1.807) is 0 Å². The number of halogens is 2. The summed E-state index contributed by atoms with van der Waals surface area (Å²) in [6, 6.07) is 3.77. The number of anilines is 1. The molecular formula is C12H11ClFN5O2S. The van der Waals surface area contributed by atoms with Crippen LogP contribution in [-0.4, -0.2) is 28.2 Å². The number of hydrogen-bond donors (Lipinski definition) is 3. The Bertz CT molecular complexity index is 690. The van der Waals surface area contributed by atoms with Gasteiger partial charge in [0.25, 0.3) is 5.91 Å². The van der Waals surface area contributed by atoms with Gasteiger partial charge in [-0.1, -0.05) is 23.4 Å². The third-order valence-corrected chi connectivity index (χ3v) is 3.86.